The van der Waals surface area contributed by atoms with Gasteiger partial charge in [-0.1, -0.05) is 19.9 Å². The first kappa shape index (κ1) is 14.6. The molecule has 0 spiro atoms. The van der Waals surface area contributed by atoms with Gasteiger partial charge in [-0.25, -0.2) is 10.8 Å². The minimum Gasteiger partial charge on any atom is -0.295 e. The van der Waals surface area contributed by atoms with E-state index in [1.807, 2.05) is 12.1 Å². The van der Waals surface area contributed by atoms with Gasteiger partial charge >= 0.3 is 0 Å². The molecule has 0 radical (unpaired) electrons. The molecule has 1 heterocycles. The number of rotatable bonds is 6. The molecular formula is C13H22N4O. The molecule has 0 fully saturated rings. The molecule has 1 amide bonds. The Kier molecular flexibility index (Phi) is 5.74. The number of hydrogen-bond donors (Lipinski definition) is 2. The van der Waals surface area contributed by atoms with Crippen LogP contribution < -0.4 is 11.3 Å². The van der Waals surface area contributed by atoms with Gasteiger partial charge in [-0.3, -0.25) is 15.1 Å². The zero-order chi connectivity index (χ0) is 13.5. The van der Waals surface area contributed by atoms with Crippen LogP contribution in [0.2, 0.25) is 0 Å². The smallest absolute Gasteiger partial charge is 0.283 e. The number of carbonyl (C=O) groups excluding carboxylic acids is 1. The second kappa shape index (κ2) is 7.08. The molecule has 0 aliphatic rings. The molecule has 0 aliphatic heterocycles. The number of pyridine rings is 1. The third-order valence-corrected chi connectivity index (χ3v) is 3.16. The fourth-order valence-electron chi connectivity index (χ4n) is 1.81. The summed E-state index contributed by atoms with van der Waals surface area (Å²) in [6.45, 7) is 8.20. The molecular weight excluding hydrogens is 228 g/mol. The third-order valence-electron chi connectivity index (χ3n) is 3.16. The van der Waals surface area contributed by atoms with Crippen LogP contribution in [-0.2, 0) is 6.54 Å². The lowest BCUT2D eigenvalue weighted by atomic mass is 10.2. The SMILES string of the molecule is CCC(C)N(CC)Cc1cccc(C(=O)NN)n1. The first-order valence-electron chi connectivity index (χ1n) is 6.33. The van der Waals surface area contributed by atoms with Crippen LogP contribution in [0.25, 0.3) is 0 Å². The van der Waals surface area contributed by atoms with Crippen LogP contribution in [0.4, 0.5) is 0 Å². The van der Waals surface area contributed by atoms with E-state index in [2.05, 4.69) is 36.1 Å². The summed E-state index contributed by atoms with van der Waals surface area (Å²) in [6, 6.07) is 5.92. The lowest BCUT2D eigenvalue weighted by Gasteiger charge is -2.26. The monoisotopic (exact) mass is 250 g/mol. The highest BCUT2D eigenvalue weighted by atomic mass is 16.2. The lowest BCUT2D eigenvalue weighted by Crippen LogP contribution is -2.33. The Labute approximate surface area is 108 Å². The van der Waals surface area contributed by atoms with Gasteiger partial charge in [-0.05, 0) is 32.0 Å². The van der Waals surface area contributed by atoms with Gasteiger partial charge in [0.25, 0.3) is 5.91 Å². The predicted molar refractivity (Wildman–Crippen MR) is 71.7 cm³/mol. The van der Waals surface area contributed by atoms with E-state index >= 15 is 0 Å². The molecule has 0 saturated carbocycles. The van der Waals surface area contributed by atoms with Crippen molar-refractivity contribution in [3.05, 3.63) is 29.6 Å². The maximum Gasteiger partial charge on any atom is 0.283 e. The summed E-state index contributed by atoms with van der Waals surface area (Å²) in [7, 11) is 0. The van der Waals surface area contributed by atoms with E-state index in [-0.39, 0.29) is 5.91 Å². The first-order chi connectivity index (χ1) is 8.62. The highest BCUT2D eigenvalue weighted by Gasteiger charge is 2.12. The first-order valence-corrected chi connectivity index (χ1v) is 6.33. The quantitative estimate of drug-likeness (QED) is 0.453. The van der Waals surface area contributed by atoms with Crippen molar-refractivity contribution < 1.29 is 4.79 Å². The van der Waals surface area contributed by atoms with Gasteiger partial charge in [0.2, 0.25) is 0 Å². The fourth-order valence-corrected chi connectivity index (χ4v) is 1.81. The van der Waals surface area contributed by atoms with Crippen LogP contribution in [0.15, 0.2) is 18.2 Å². The van der Waals surface area contributed by atoms with Crippen molar-refractivity contribution in [3.8, 4) is 0 Å². The molecule has 3 N–H and O–H groups in total. The topological polar surface area (TPSA) is 71.2 Å². The molecule has 1 rings (SSSR count). The number of aromatic nitrogens is 1. The van der Waals surface area contributed by atoms with Crippen LogP contribution in [-0.4, -0.2) is 28.4 Å². The normalized spacial score (nSPS) is 12.5. The van der Waals surface area contributed by atoms with Gasteiger partial charge < -0.3 is 0 Å². The van der Waals surface area contributed by atoms with Gasteiger partial charge in [0, 0.05) is 12.6 Å². The highest BCUT2D eigenvalue weighted by Crippen LogP contribution is 2.09. The molecule has 1 aromatic rings. The molecule has 5 heteroatoms. The van der Waals surface area contributed by atoms with Crippen LogP contribution in [0.5, 0.6) is 0 Å². The van der Waals surface area contributed by atoms with Gasteiger partial charge in [0.1, 0.15) is 5.69 Å². The average molecular weight is 250 g/mol. The highest BCUT2D eigenvalue weighted by molar-refractivity contribution is 5.91. The van der Waals surface area contributed by atoms with Crippen LogP contribution in [0.3, 0.4) is 0 Å². The number of amides is 1. The summed E-state index contributed by atoms with van der Waals surface area (Å²) >= 11 is 0. The van der Waals surface area contributed by atoms with E-state index in [0.29, 0.717) is 11.7 Å². The largest absolute Gasteiger partial charge is 0.295 e. The van der Waals surface area contributed by atoms with E-state index in [4.69, 9.17) is 5.84 Å². The number of hydrazine groups is 1. The summed E-state index contributed by atoms with van der Waals surface area (Å²) in [5.41, 5.74) is 3.34. The van der Waals surface area contributed by atoms with Gasteiger partial charge in [0.15, 0.2) is 0 Å². The van der Waals surface area contributed by atoms with E-state index in [1.165, 1.54) is 0 Å². The van der Waals surface area contributed by atoms with Gasteiger partial charge in [0.05, 0.1) is 5.69 Å². The number of nitrogens with one attached hydrogen (secondary N) is 1. The van der Waals surface area contributed by atoms with Crippen LogP contribution in [0, 0.1) is 0 Å². The number of nitrogens with zero attached hydrogens (tertiary/aromatic N) is 2. The zero-order valence-corrected chi connectivity index (χ0v) is 11.3. The Bertz CT molecular complexity index is 394. The van der Waals surface area contributed by atoms with Gasteiger partial charge in [-0.2, -0.15) is 0 Å². The zero-order valence-electron chi connectivity index (χ0n) is 11.3. The van der Waals surface area contributed by atoms with Crippen molar-refractivity contribution in [2.45, 2.75) is 39.8 Å². The minimum atomic E-state index is -0.358. The van der Waals surface area contributed by atoms with E-state index in [1.54, 1.807) is 6.07 Å². The van der Waals surface area contributed by atoms with E-state index in [9.17, 15) is 4.79 Å². The Morgan fingerprint density at radius 2 is 2.22 bits per heavy atom. The molecule has 1 aromatic heterocycles. The predicted octanol–water partition coefficient (Wildman–Crippen LogP) is 1.31. The summed E-state index contributed by atoms with van der Waals surface area (Å²) in [6.07, 6.45) is 1.09. The molecule has 0 bridgehead atoms. The molecule has 0 aliphatic carbocycles. The van der Waals surface area contributed by atoms with Gasteiger partial charge in [-0.15, -0.1) is 0 Å². The van der Waals surface area contributed by atoms with Crippen LogP contribution in [0.1, 0.15) is 43.4 Å². The Hall–Kier alpha value is -1.46. The second-order valence-electron chi connectivity index (χ2n) is 4.31. The molecule has 0 saturated heterocycles. The Balaban J connectivity index is 2.80. The average Bonchev–Trinajstić information content (AvgIpc) is 2.43. The third kappa shape index (κ3) is 3.78. The minimum absolute atomic E-state index is 0.357. The number of nitrogen functional groups attached to an aromatic ring is 1. The molecule has 1 unspecified atom stereocenters. The fraction of sp³-hybridized carbons (Fsp3) is 0.538. The number of hydrogen-bond acceptors (Lipinski definition) is 4. The molecule has 0 aromatic carbocycles. The Morgan fingerprint density at radius 3 is 2.78 bits per heavy atom. The van der Waals surface area contributed by atoms with E-state index < -0.39 is 0 Å². The van der Waals surface area contributed by atoms with Crippen LogP contribution >= 0.6 is 0 Å². The molecule has 1 atom stereocenters. The summed E-state index contributed by atoms with van der Waals surface area (Å²) in [5.74, 6) is 4.74. The van der Waals surface area contributed by atoms with Crippen molar-refractivity contribution in [2.75, 3.05) is 6.54 Å². The second-order valence-corrected chi connectivity index (χ2v) is 4.31. The van der Waals surface area contributed by atoms with E-state index in [0.717, 1.165) is 25.2 Å². The summed E-state index contributed by atoms with van der Waals surface area (Å²) in [5, 5.41) is 0. The summed E-state index contributed by atoms with van der Waals surface area (Å²) < 4.78 is 0. The number of nitrogens with two attached hydrogens (primary N) is 1. The molecule has 100 valence electrons. The lowest BCUT2D eigenvalue weighted by molar-refractivity contribution is 0.0948. The standard InChI is InChI=1S/C13H22N4O/c1-4-10(3)17(5-2)9-11-7-6-8-12(15-11)13(18)16-14/h6-8,10H,4-5,9,14H2,1-3H3,(H,16,18). The van der Waals surface area contributed by atoms with Crippen molar-refractivity contribution in [2.24, 2.45) is 5.84 Å². The molecule has 18 heavy (non-hydrogen) atoms. The Morgan fingerprint density at radius 1 is 1.50 bits per heavy atom. The maximum atomic E-state index is 11.4. The number of carbonyl (C=O) groups is 1. The van der Waals surface area contributed by atoms with Crippen molar-refractivity contribution in [1.29, 1.82) is 0 Å². The van der Waals surface area contributed by atoms with Crippen molar-refractivity contribution >= 4 is 5.91 Å². The van der Waals surface area contributed by atoms with Crippen molar-refractivity contribution in [1.82, 2.24) is 15.3 Å². The maximum absolute atomic E-state index is 11.4. The summed E-state index contributed by atoms with van der Waals surface area (Å²) in [4.78, 5) is 18.0. The van der Waals surface area contributed by atoms with Crippen molar-refractivity contribution in [3.63, 3.8) is 0 Å². The molecule has 5 nitrogen and oxygen atoms in total.